The van der Waals surface area contributed by atoms with Crippen molar-refractivity contribution in [2.75, 3.05) is 105 Å². The summed E-state index contributed by atoms with van der Waals surface area (Å²) in [6, 6.07) is 0. The lowest BCUT2D eigenvalue weighted by Gasteiger charge is -2.15. The van der Waals surface area contributed by atoms with E-state index in [-0.39, 0.29) is 0 Å². The molecule has 1 unspecified atom stereocenters. The van der Waals surface area contributed by atoms with Crippen LogP contribution in [0.25, 0.3) is 0 Å². The van der Waals surface area contributed by atoms with Gasteiger partial charge in [0.15, 0.2) is 0 Å². The summed E-state index contributed by atoms with van der Waals surface area (Å²) in [5.41, 5.74) is 10.8. The third kappa shape index (κ3) is 31.6. The molecule has 0 bridgehead atoms. The molecule has 0 aromatic rings. The summed E-state index contributed by atoms with van der Waals surface area (Å²) in [6.07, 6.45) is 4.08. The molecular formula is C25H56N4O8. The van der Waals surface area contributed by atoms with Crippen molar-refractivity contribution in [1.29, 1.82) is 0 Å². The predicted octanol–water partition coefficient (Wildman–Crippen LogP) is -0.450. The van der Waals surface area contributed by atoms with E-state index >= 15 is 0 Å². The van der Waals surface area contributed by atoms with Crippen LogP contribution in [0.2, 0.25) is 0 Å². The predicted molar refractivity (Wildman–Crippen MR) is 143 cm³/mol. The van der Waals surface area contributed by atoms with Gasteiger partial charge in [0.05, 0.1) is 52.9 Å². The van der Waals surface area contributed by atoms with Crippen molar-refractivity contribution in [3.8, 4) is 0 Å². The van der Waals surface area contributed by atoms with Crippen molar-refractivity contribution >= 4 is 0 Å². The van der Waals surface area contributed by atoms with Crippen LogP contribution in [-0.2, 0) is 28.4 Å². The first kappa shape index (κ1) is 36.5. The number of rotatable bonds is 32. The maximum Gasteiger partial charge on any atom is 0.104 e. The van der Waals surface area contributed by atoms with Gasteiger partial charge in [-0.2, -0.15) is 0 Å². The van der Waals surface area contributed by atoms with E-state index in [0.29, 0.717) is 118 Å². The topological polar surface area (TPSA) is 172 Å². The highest BCUT2D eigenvalue weighted by Crippen LogP contribution is 2.02. The number of ether oxygens (including phenoxy) is 6. The lowest BCUT2D eigenvalue weighted by molar-refractivity contribution is 0.0133. The third-order valence-electron chi connectivity index (χ3n) is 5.12. The molecule has 0 aromatic carbocycles. The highest BCUT2D eigenvalue weighted by atomic mass is 16.5. The van der Waals surface area contributed by atoms with Crippen molar-refractivity contribution in [1.82, 2.24) is 10.6 Å². The van der Waals surface area contributed by atoms with E-state index in [4.69, 9.17) is 39.9 Å². The molecule has 8 N–H and O–H groups in total. The molecule has 2 atom stereocenters. The highest BCUT2D eigenvalue weighted by Gasteiger charge is 2.07. The molecule has 0 aliphatic heterocycles. The second kappa shape index (κ2) is 31.7. The summed E-state index contributed by atoms with van der Waals surface area (Å²) in [6.45, 7) is 9.65. The largest absolute Gasteiger partial charge is 0.379 e. The molecule has 224 valence electrons. The molecule has 0 spiro atoms. The van der Waals surface area contributed by atoms with Gasteiger partial charge in [0.1, 0.15) is 12.5 Å². The van der Waals surface area contributed by atoms with Crippen molar-refractivity contribution < 1.29 is 38.6 Å². The monoisotopic (exact) mass is 540 g/mol. The minimum Gasteiger partial charge on any atom is -0.379 e. The van der Waals surface area contributed by atoms with Crippen LogP contribution in [0.1, 0.15) is 44.9 Å². The smallest absolute Gasteiger partial charge is 0.104 e. The molecule has 0 amide bonds. The van der Waals surface area contributed by atoms with Crippen LogP contribution in [0.15, 0.2) is 0 Å². The Hall–Kier alpha value is -0.480. The van der Waals surface area contributed by atoms with Crippen molar-refractivity contribution in [2.24, 2.45) is 11.5 Å². The molecule has 0 saturated carbocycles. The zero-order valence-electron chi connectivity index (χ0n) is 22.9. The van der Waals surface area contributed by atoms with Gasteiger partial charge in [-0.15, -0.1) is 0 Å². The lowest BCUT2D eigenvalue weighted by Crippen LogP contribution is -2.32. The maximum atomic E-state index is 10.0. The van der Waals surface area contributed by atoms with Crippen molar-refractivity contribution in [3.63, 3.8) is 0 Å². The van der Waals surface area contributed by atoms with E-state index in [1.807, 2.05) is 0 Å². The Morgan fingerprint density at radius 1 is 0.432 bits per heavy atom. The zero-order chi connectivity index (χ0) is 27.1. The van der Waals surface area contributed by atoms with Crippen molar-refractivity contribution in [2.45, 2.75) is 57.4 Å². The van der Waals surface area contributed by atoms with Crippen LogP contribution in [0.5, 0.6) is 0 Å². The number of aliphatic hydroxyl groups excluding tert-OH is 2. The fourth-order valence-electron chi connectivity index (χ4n) is 3.05. The van der Waals surface area contributed by atoms with Crippen LogP contribution >= 0.6 is 0 Å². The summed E-state index contributed by atoms with van der Waals surface area (Å²) < 4.78 is 32.5. The number of hydrogen-bond acceptors (Lipinski definition) is 12. The summed E-state index contributed by atoms with van der Waals surface area (Å²) in [5.74, 6) is 0. The second-order valence-corrected chi connectivity index (χ2v) is 8.54. The quantitative estimate of drug-likeness (QED) is 0.0480. The third-order valence-corrected chi connectivity index (χ3v) is 5.12. The SMILES string of the molecule is NCCCOCCOCCOCCCNC(O)CCC[C@H](O)NCCCOCCOCCOCCCN. The van der Waals surface area contributed by atoms with E-state index in [2.05, 4.69) is 10.6 Å². The number of nitrogens with two attached hydrogens (primary N) is 2. The van der Waals surface area contributed by atoms with Gasteiger partial charge in [-0.3, -0.25) is 10.6 Å². The minimum absolute atomic E-state index is 0.543. The number of nitrogens with one attached hydrogen (secondary N) is 2. The Morgan fingerprint density at radius 2 is 0.730 bits per heavy atom. The lowest BCUT2D eigenvalue weighted by atomic mass is 10.2. The molecule has 0 radical (unpaired) electrons. The van der Waals surface area contributed by atoms with Crippen molar-refractivity contribution in [3.05, 3.63) is 0 Å². The van der Waals surface area contributed by atoms with Gasteiger partial charge in [0.25, 0.3) is 0 Å². The number of aliphatic hydroxyl groups is 2. The number of hydrogen-bond donors (Lipinski definition) is 6. The molecule has 12 nitrogen and oxygen atoms in total. The molecule has 0 rings (SSSR count). The van der Waals surface area contributed by atoms with Gasteiger partial charge in [-0.25, -0.2) is 0 Å². The Morgan fingerprint density at radius 3 is 1.05 bits per heavy atom. The van der Waals surface area contributed by atoms with Gasteiger partial charge in [0, 0.05) is 26.4 Å². The molecule has 0 aromatic heterocycles. The Labute approximate surface area is 224 Å². The summed E-state index contributed by atoms with van der Waals surface area (Å²) in [4.78, 5) is 0. The fraction of sp³-hybridized carbons (Fsp3) is 1.00. The van der Waals surface area contributed by atoms with Crippen LogP contribution in [-0.4, -0.2) is 128 Å². The zero-order valence-corrected chi connectivity index (χ0v) is 22.9. The van der Waals surface area contributed by atoms with Crippen LogP contribution in [0, 0.1) is 0 Å². The Kier molecular flexibility index (Phi) is 31.3. The van der Waals surface area contributed by atoms with Gasteiger partial charge in [-0.05, 0) is 71.1 Å². The minimum atomic E-state index is -0.581. The Bertz CT molecular complexity index is 394. The molecule has 0 aliphatic carbocycles. The van der Waals surface area contributed by atoms with Gasteiger partial charge in [-0.1, -0.05) is 0 Å². The first-order valence-corrected chi connectivity index (χ1v) is 13.9. The summed E-state index contributed by atoms with van der Waals surface area (Å²) in [7, 11) is 0. The first-order valence-electron chi connectivity index (χ1n) is 13.9. The van der Waals surface area contributed by atoms with Gasteiger partial charge < -0.3 is 50.1 Å². The van der Waals surface area contributed by atoms with Gasteiger partial charge >= 0.3 is 0 Å². The van der Waals surface area contributed by atoms with Crippen LogP contribution < -0.4 is 22.1 Å². The first-order chi connectivity index (χ1) is 18.2. The van der Waals surface area contributed by atoms with E-state index in [0.717, 1.165) is 32.1 Å². The maximum absolute atomic E-state index is 10.0. The van der Waals surface area contributed by atoms with Crippen LogP contribution in [0.3, 0.4) is 0 Å². The average Bonchev–Trinajstić information content (AvgIpc) is 2.89. The van der Waals surface area contributed by atoms with E-state index in [9.17, 15) is 10.2 Å². The summed E-state index contributed by atoms with van der Waals surface area (Å²) >= 11 is 0. The average molecular weight is 541 g/mol. The van der Waals surface area contributed by atoms with Crippen LogP contribution in [0.4, 0.5) is 0 Å². The molecule has 0 aliphatic rings. The Balaban J connectivity index is 3.26. The molecule has 0 fully saturated rings. The molecule has 12 heteroatoms. The highest BCUT2D eigenvalue weighted by molar-refractivity contribution is 4.59. The van der Waals surface area contributed by atoms with E-state index in [1.54, 1.807) is 0 Å². The normalized spacial score (nSPS) is 13.3. The van der Waals surface area contributed by atoms with E-state index in [1.165, 1.54) is 0 Å². The molecule has 37 heavy (non-hydrogen) atoms. The second-order valence-electron chi connectivity index (χ2n) is 8.54. The van der Waals surface area contributed by atoms with Gasteiger partial charge in [0.2, 0.25) is 0 Å². The van der Waals surface area contributed by atoms with E-state index < -0.39 is 12.5 Å². The molecule has 0 heterocycles. The molecular weight excluding hydrogens is 484 g/mol. The summed E-state index contributed by atoms with van der Waals surface area (Å²) in [5, 5.41) is 26.1. The standard InChI is InChI=1S/C25H56N4O8/c26-8-2-12-32-16-20-36-22-18-34-14-4-10-28-24(30)6-1-7-25(31)29-11-5-15-35-19-23-37-21-17-33-13-3-9-27/h24-25,28-31H,1-23,26-27H2/t24-,25?/m0/s1. The molecule has 0 saturated heterocycles. The fourth-order valence-corrected chi connectivity index (χ4v) is 3.05.